The van der Waals surface area contributed by atoms with Gasteiger partial charge in [0.1, 0.15) is 0 Å². The molecule has 0 spiro atoms. The molecule has 2 heterocycles. The van der Waals surface area contributed by atoms with Gasteiger partial charge in [0.15, 0.2) is 5.96 Å². The molecule has 4 N–H and O–H groups in total. The first-order chi connectivity index (χ1) is 15.5. The van der Waals surface area contributed by atoms with Gasteiger partial charge in [0.05, 0.1) is 6.54 Å². The van der Waals surface area contributed by atoms with Crippen LogP contribution in [0.5, 0.6) is 0 Å². The monoisotopic (exact) mass is 444 g/mol. The lowest BCUT2D eigenvalue weighted by atomic mass is 9.88. The van der Waals surface area contributed by atoms with E-state index in [1.807, 2.05) is 7.05 Å². The molecule has 178 valence electrons. The first-order valence-electron chi connectivity index (χ1n) is 11.8. The van der Waals surface area contributed by atoms with Crippen molar-refractivity contribution in [3.63, 3.8) is 0 Å². The number of guanidine groups is 1. The molecule has 32 heavy (non-hydrogen) atoms. The summed E-state index contributed by atoms with van der Waals surface area (Å²) in [6, 6.07) is 11.2. The van der Waals surface area contributed by atoms with E-state index in [4.69, 9.17) is 4.74 Å². The van der Waals surface area contributed by atoms with E-state index in [0.717, 1.165) is 64.5 Å². The maximum atomic E-state index is 11.6. The number of benzene rings is 1. The standard InChI is InChI=1S/C24H40N6O2/c1-19(20-7-5-4-6-8-20)29-24(11-15-32-16-12-24)18-27-23(26-3)28-21-9-13-30(14-10-21)17-22(31)25-2/h4-8,19,21,29H,9-18H2,1-3H3,(H,25,31)(H2,26,27,28). The lowest BCUT2D eigenvalue weighted by Gasteiger charge is -2.41. The Morgan fingerprint density at radius 2 is 1.91 bits per heavy atom. The third-order valence-corrected chi connectivity index (χ3v) is 6.66. The van der Waals surface area contributed by atoms with E-state index in [2.05, 4.69) is 68.4 Å². The Morgan fingerprint density at radius 3 is 2.53 bits per heavy atom. The summed E-state index contributed by atoms with van der Waals surface area (Å²) < 4.78 is 5.67. The number of likely N-dealkylation sites (tertiary alicyclic amines) is 1. The quantitative estimate of drug-likeness (QED) is 0.357. The van der Waals surface area contributed by atoms with Crippen molar-refractivity contribution in [2.24, 2.45) is 4.99 Å². The van der Waals surface area contributed by atoms with Crippen LogP contribution in [0.2, 0.25) is 0 Å². The van der Waals surface area contributed by atoms with Crippen molar-refractivity contribution >= 4 is 11.9 Å². The molecule has 1 atom stereocenters. The predicted molar refractivity (Wildman–Crippen MR) is 129 cm³/mol. The first-order valence-corrected chi connectivity index (χ1v) is 11.8. The number of carbonyl (C=O) groups excluding carboxylic acids is 1. The van der Waals surface area contributed by atoms with Gasteiger partial charge in [0, 0.05) is 64.6 Å². The molecule has 0 aromatic heterocycles. The van der Waals surface area contributed by atoms with Crippen LogP contribution in [-0.4, -0.2) is 81.8 Å². The van der Waals surface area contributed by atoms with E-state index in [1.165, 1.54) is 5.56 Å². The normalized spacial score (nSPS) is 21.0. The average molecular weight is 445 g/mol. The number of piperidine rings is 1. The highest BCUT2D eigenvalue weighted by molar-refractivity contribution is 5.80. The number of hydrogen-bond acceptors (Lipinski definition) is 5. The Morgan fingerprint density at radius 1 is 1.22 bits per heavy atom. The summed E-state index contributed by atoms with van der Waals surface area (Å²) >= 11 is 0. The number of hydrogen-bond donors (Lipinski definition) is 4. The fourth-order valence-corrected chi connectivity index (χ4v) is 4.58. The van der Waals surface area contributed by atoms with E-state index >= 15 is 0 Å². The number of amides is 1. The molecule has 2 fully saturated rings. The zero-order valence-electron chi connectivity index (χ0n) is 19.8. The van der Waals surface area contributed by atoms with Gasteiger partial charge < -0.3 is 26.0 Å². The summed E-state index contributed by atoms with van der Waals surface area (Å²) in [5.74, 6) is 0.919. The Kier molecular flexibility index (Phi) is 9.32. The number of nitrogens with zero attached hydrogens (tertiary/aromatic N) is 2. The van der Waals surface area contributed by atoms with Crippen molar-refractivity contribution in [3.8, 4) is 0 Å². The number of aliphatic imine (C=N–C) groups is 1. The topological polar surface area (TPSA) is 90.0 Å². The lowest BCUT2D eigenvalue weighted by molar-refractivity contribution is -0.122. The molecule has 1 unspecified atom stereocenters. The molecular weight excluding hydrogens is 404 g/mol. The SMILES string of the molecule is CN=C(NCC1(NC(C)c2ccccc2)CCOCC1)NC1CCN(CC(=O)NC)CC1. The van der Waals surface area contributed by atoms with Crippen molar-refractivity contribution in [1.82, 2.24) is 26.2 Å². The van der Waals surface area contributed by atoms with Crippen LogP contribution in [0.3, 0.4) is 0 Å². The van der Waals surface area contributed by atoms with E-state index in [1.54, 1.807) is 7.05 Å². The van der Waals surface area contributed by atoms with Crippen LogP contribution in [-0.2, 0) is 9.53 Å². The van der Waals surface area contributed by atoms with Crippen LogP contribution in [0.4, 0.5) is 0 Å². The average Bonchev–Trinajstić information content (AvgIpc) is 2.84. The van der Waals surface area contributed by atoms with E-state index in [9.17, 15) is 4.79 Å². The zero-order chi connectivity index (χ0) is 22.8. The van der Waals surface area contributed by atoms with Gasteiger partial charge in [0.2, 0.25) is 5.91 Å². The van der Waals surface area contributed by atoms with Gasteiger partial charge in [-0.05, 0) is 38.2 Å². The first kappa shape index (κ1) is 24.5. The second kappa shape index (κ2) is 12.2. The molecule has 2 aliphatic rings. The molecule has 1 amide bonds. The Labute approximate surface area is 192 Å². The molecule has 2 saturated heterocycles. The van der Waals surface area contributed by atoms with Gasteiger partial charge in [0.25, 0.3) is 0 Å². The lowest BCUT2D eigenvalue weighted by Crippen LogP contribution is -2.59. The molecule has 0 radical (unpaired) electrons. The molecule has 1 aromatic carbocycles. The van der Waals surface area contributed by atoms with Crippen molar-refractivity contribution in [2.45, 2.75) is 50.2 Å². The molecule has 0 saturated carbocycles. The highest BCUT2D eigenvalue weighted by atomic mass is 16.5. The second-order valence-electron chi connectivity index (χ2n) is 8.96. The number of ether oxygens (including phenoxy) is 1. The molecule has 2 aliphatic heterocycles. The Balaban J connectivity index is 1.51. The number of carbonyl (C=O) groups is 1. The van der Waals surface area contributed by atoms with Gasteiger partial charge in [-0.15, -0.1) is 0 Å². The van der Waals surface area contributed by atoms with Crippen LogP contribution >= 0.6 is 0 Å². The van der Waals surface area contributed by atoms with Gasteiger partial charge in [-0.3, -0.25) is 14.7 Å². The van der Waals surface area contributed by atoms with Gasteiger partial charge in [-0.1, -0.05) is 30.3 Å². The summed E-state index contributed by atoms with van der Waals surface area (Å²) in [6.07, 6.45) is 3.93. The molecule has 8 heteroatoms. The largest absolute Gasteiger partial charge is 0.381 e. The minimum Gasteiger partial charge on any atom is -0.381 e. The van der Waals surface area contributed by atoms with Crippen LogP contribution < -0.4 is 21.3 Å². The van der Waals surface area contributed by atoms with E-state index < -0.39 is 0 Å². The van der Waals surface area contributed by atoms with Crippen molar-refractivity contribution in [1.29, 1.82) is 0 Å². The van der Waals surface area contributed by atoms with Gasteiger partial charge >= 0.3 is 0 Å². The fourth-order valence-electron chi connectivity index (χ4n) is 4.58. The molecule has 3 rings (SSSR count). The van der Waals surface area contributed by atoms with Crippen molar-refractivity contribution in [3.05, 3.63) is 35.9 Å². The summed E-state index contributed by atoms with van der Waals surface area (Å²) in [6.45, 7) is 6.87. The number of nitrogens with one attached hydrogen (secondary N) is 4. The summed E-state index contributed by atoms with van der Waals surface area (Å²) in [5.41, 5.74) is 1.26. The van der Waals surface area contributed by atoms with Gasteiger partial charge in [-0.25, -0.2) is 0 Å². The van der Waals surface area contributed by atoms with Crippen LogP contribution in [0.1, 0.15) is 44.2 Å². The van der Waals surface area contributed by atoms with E-state index in [-0.39, 0.29) is 17.5 Å². The van der Waals surface area contributed by atoms with Crippen LogP contribution in [0.15, 0.2) is 35.3 Å². The third kappa shape index (κ3) is 7.18. The number of rotatable bonds is 8. The fraction of sp³-hybridized carbons (Fsp3) is 0.667. The third-order valence-electron chi connectivity index (χ3n) is 6.66. The van der Waals surface area contributed by atoms with Crippen LogP contribution in [0, 0.1) is 0 Å². The molecule has 8 nitrogen and oxygen atoms in total. The molecule has 0 bridgehead atoms. The Bertz CT molecular complexity index is 727. The maximum absolute atomic E-state index is 11.6. The molecular formula is C24H40N6O2. The van der Waals surface area contributed by atoms with Crippen molar-refractivity contribution in [2.75, 3.05) is 53.5 Å². The highest BCUT2D eigenvalue weighted by Crippen LogP contribution is 2.25. The summed E-state index contributed by atoms with van der Waals surface area (Å²) in [7, 11) is 3.51. The Hall–Kier alpha value is -2.16. The van der Waals surface area contributed by atoms with Gasteiger partial charge in [-0.2, -0.15) is 0 Å². The van der Waals surface area contributed by atoms with E-state index in [0.29, 0.717) is 12.6 Å². The molecule has 0 aliphatic carbocycles. The minimum absolute atomic E-state index is 0.0397. The number of likely N-dealkylation sites (N-methyl/N-ethyl adjacent to an activating group) is 1. The molecule has 1 aromatic rings. The highest BCUT2D eigenvalue weighted by Gasteiger charge is 2.34. The summed E-state index contributed by atoms with van der Waals surface area (Å²) in [4.78, 5) is 18.3. The smallest absolute Gasteiger partial charge is 0.233 e. The van der Waals surface area contributed by atoms with Crippen LogP contribution in [0.25, 0.3) is 0 Å². The zero-order valence-corrected chi connectivity index (χ0v) is 19.8. The maximum Gasteiger partial charge on any atom is 0.233 e. The minimum atomic E-state index is -0.0397. The second-order valence-corrected chi connectivity index (χ2v) is 8.96. The van der Waals surface area contributed by atoms with Crippen molar-refractivity contribution < 1.29 is 9.53 Å². The predicted octanol–water partition coefficient (Wildman–Crippen LogP) is 1.26. The summed E-state index contributed by atoms with van der Waals surface area (Å²) in [5, 5.41) is 13.8.